The molecule has 1 aliphatic heterocycles. The summed E-state index contributed by atoms with van der Waals surface area (Å²) >= 11 is 5.09. The molecule has 1 aliphatic rings. The largest absolute Gasteiger partial charge is 0.488 e. The highest BCUT2D eigenvalue weighted by Gasteiger charge is 2.24. The van der Waals surface area contributed by atoms with Crippen LogP contribution in [0.3, 0.4) is 0 Å². The van der Waals surface area contributed by atoms with Gasteiger partial charge in [-0.05, 0) is 53.4 Å². The molecular weight excluding hydrogens is 564 g/mol. The number of halogens is 1. The van der Waals surface area contributed by atoms with Crippen LogP contribution in [0.4, 0.5) is 10.7 Å². The Kier molecular flexibility index (Phi) is 7.94. The van der Waals surface area contributed by atoms with E-state index in [-0.39, 0.29) is 12.3 Å². The molecule has 190 valence electrons. The Hall–Kier alpha value is -3.84. The van der Waals surface area contributed by atoms with E-state index in [1.807, 2.05) is 24.3 Å². The van der Waals surface area contributed by atoms with Crippen molar-refractivity contribution in [2.45, 2.75) is 26.1 Å². The van der Waals surface area contributed by atoms with E-state index in [9.17, 15) is 15.4 Å². The summed E-state index contributed by atoms with van der Waals surface area (Å²) in [6.45, 7) is 2.85. The van der Waals surface area contributed by atoms with Crippen LogP contribution in [0.5, 0.6) is 5.75 Å². The number of benzene rings is 3. The molecule has 0 atom stereocenters. The van der Waals surface area contributed by atoms with E-state index in [0.29, 0.717) is 16.3 Å². The van der Waals surface area contributed by atoms with Crippen LogP contribution in [0.1, 0.15) is 32.7 Å². The lowest BCUT2D eigenvalue weighted by atomic mass is 10.0. The summed E-state index contributed by atoms with van der Waals surface area (Å²) in [5, 5.41) is 21.5. The summed E-state index contributed by atoms with van der Waals surface area (Å²) in [6.07, 6.45) is 2.56. The molecule has 0 saturated heterocycles. The molecule has 1 aromatic heterocycles. The summed E-state index contributed by atoms with van der Waals surface area (Å²) in [6, 6.07) is 24.7. The van der Waals surface area contributed by atoms with Gasteiger partial charge in [0.05, 0.1) is 10.5 Å². The third kappa shape index (κ3) is 6.00. The zero-order valence-corrected chi connectivity index (χ0v) is 22.7. The fourth-order valence-corrected chi connectivity index (χ4v) is 5.94. The van der Waals surface area contributed by atoms with E-state index in [0.717, 1.165) is 47.2 Å². The van der Waals surface area contributed by atoms with E-state index >= 15 is 0 Å². The van der Waals surface area contributed by atoms with Crippen LogP contribution < -0.4 is 4.74 Å². The molecule has 3 aromatic carbocycles. The average molecular weight is 587 g/mol. The first kappa shape index (κ1) is 25.8. The van der Waals surface area contributed by atoms with Crippen LogP contribution in [-0.2, 0) is 26.1 Å². The lowest BCUT2D eigenvalue weighted by molar-refractivity contribution is -0.384. The maximum absolute atomic E-state index is 10.9. The number of nitro benzene ring substituents is 1. The van der Waals surface area contributed by atoms with Gasteiger partial charge in [-0.3, -0.25) is 15.0 Å². The number of hydrogen-bond donors (Lipinski definition) is 0. The molecule has 5 rings (SSSR count). The quantitative estimate of drug-likeness (QED) is 0.124. The summed E-state index contributed by atoms with van der Waals surface area (Å²) in [4.78, 5) is 18.8. The second kappa shape index (κ2) is 11.7. The number of nitro groups is 1. The van der Waals surface area contributed by atoms with Crippen molar-refractivity contribution in [3.8, 4) is 11.8 Å². The number of fused-ring (bicyclic) bond motifs is 1. The van der Waals surface area contributed by atoms with Crippen LogP contribution in [0.25, 0.3) is 0 Å². The van der Waals surface area contributed by atoms with E-state index < -0.39 is 4.92 Å². The summed E-state index contributed by atoms with van der Waals surface area (Å²) < 4.78 is 6.90. The molecule has 0 unspecified atom stereocenters. The highest BCUT2D eigenvalue weighted by atomic mass is 79.9. The van der Waals surface area contributed by atoms with E-state index in [1.54, 1.807) is 29.7 Å². The van der Waals surface area contributed by atoms with Gasteiger partial charge in [0.1, 0.15) is 23.4 Å². The first-order valence-corrected chi connectivity index (χ1v) is 13.6. The van der Waals surface area contributed by atoms with Gasteiger partial charge in [0.2, 0.25) is 0 Å². The molecule has 7 nitrogen and oxygen atoms in total. The summed E-state index contributed by atoms with van der Waals surface area (Å²) in [7, 11) is 0. The molecule has 38 heavy (non-hydrogen) atoms. The maximum atomic E-state index is 10.9. The van der Waals surface area contributed by atoms with Gasteiger partial charge in [-0.15, -0.1) is 11.3 Å². The average Bonchev–Trinajstić information content (AvgIpc) is 3.28. The Balaban J connectivity index is 1.33. The molecule has 0 N–H and O–H groups in total. The molecule has 0 bridgehead atoms. The van der Waals surface area contributed by atoms with Crippen LogP contribution >= 0.6 is 27.3 Å². The third-order valence-corrected chi connectivity index (χ3v) is 7.93. The summed E-state index contributed by atoms with van der Waals surface area (Å²) in [5.41, 5.74) is 4.67. The van der Waals surface area contributed by atoms with Crippen molar-refractivity contribution < 1.29 is 9.66 Å². The minimum atomic E-state index is -0.424. The van der Waals surface area contributed by atoms with Crippen molar-refractivity contribution in [3.63, 3.8) is 0 Å². The Morgan fingerprint density at radius 3 is 2.66 bits per heavy atom. The molecule has 9 heteroatoms. The van der Waals surface area contributed by atoms with Crippen molar-refractivity contribution >= 4 is 44.2 Å². The Morgan fingerprint density at radius 2 is 1.92 bits per heavy atom. The molecule has 0 amide bonds. The molecule has 0 spiro atoms. The fourth-order valence-electron chi connectivity index (χ4n) is 4.38. The molecule has 0 radical (unpaired) electrons. The first-order valence-electron chi connectivity index (χ1n) is 12.0. The predicted octanol–water partition coefficient (Wildman–Crippen LogP) is 7.18. The van der Waals surface area contributed by atoms with Gasteiger partial charge in [0, 0.05) is 52.9 Å². The molecule has 4 aromatic rings. The lowest BCUT2D eigenvalue weighted by Gasteiger charge is -2.26. The Morgan fingerprint density at radius 1 is 1.13 bits per heavy atom. The fraction of sp³-hybridized carbons (Fsp3) is 0.172. The highest BCUT2D eigenvalue weighted by Crippen LogP contribution is 2.39. The number of thiophene rings is 1. The van der Waals surface area contributed by atoms with Crippen molar-refractivity contribution in [1.29, 1.82) is 5.26 Å². The SMILES string of the molecule is N#Cc1c(N=Cc2cc(Br)ccc2OCc2ccc([N+](=O)[O-])cc2)sc2c1CCN(Cc1ccccc1)C2. The number of nitriles is 1. The van der Waals surface area contributed by atoms with Crippen LogP contribution in [0, 0.1) is 21.4 Å². The third-order valence-electron chi connectivity index (χ3n) is 6.31. The standard InChI is InChI=1S/C29H23BrN4O3S/c30-23-8-11-27(37-19-21-6-9-24(10-7-21)34(35)36)22(14-23)16-32-29-26(15-31)25-12-13-33(18-28(25)38-29)17-20-4-2-1-3-5-20/h1-11,14,16H,12-13,17-19H2. The smallest absolute Gasteiger partial charge is 0.269 e. The van der Waals surface area contributed by atoms with Gasteiger partial charge in [0.15, 0.2) is 0 Å². The summed E-state index contributed by atoms with van der Waals surface area (Å²) in [5.74, 6) is 0.629. The zero-order valence-electron chi connectivity index (χ0n) is 20.3. The highest BCUT2D eigenvalue weighted by molar-refractivity contribution is 9.10. The monoisotopic (exact) mass is 586 g/mol. The second-order valence-electron chi connectivity index (χ2n) is 8.89. The number of hydrogen-bond acceptors (Lipinski definition) is 7. The Bertz CT molecular complexity index is 1530. The number of non-ortho nitro benzene ring substituents is 1. The van der Waals surface area contributed by atoms with Crippen LogP contribution in [-0.4, -0.2) is 22.6 Å². The van der Waals surface area contributed by atoms with Crippen LogP contribution in [0.2, 0.25) is 0 Å². The molecule has 0 saturated carbocycles. The van der Waals surface area contributed by atoms with Crippen molar-refractivity contribution in [3.05, 3.63) is 120 Å². The molecular formula is C29H23BrN4O3S. The van der Waals surface area contributed by atoms with Gasteiger partial charge in [-0.25, -0.2) is 4.99 Å². The van der Waals surface area contributed by atoms with Gasteiger partial charge < -0.3 is 4.74 Å². The number of ether oxygens (including phenoxy) is 1. The van der Waals surface area contributed by atoms with E-state index in [2.05, 4.69) is 51.2 Å². The van der Waals surface area contributed by atoms with Gasteiger partial charge in [0.25, 0.3) is 5.69 Å². The molecule has 2 heterocycles. The maximum Gasteiger partial charge on any atom is 0.269 e. The predicted molar refractivity (Wildman–Crippen MR) is 152 cm³/mol. The zero-order chi connectivity index (χ0) is 26.5. The number of aliphatic imine (C=N–C) groups is 1. The topological polar surface area (TPSA) is 91.8 Å². The van der Waals surface area contributed by atoms with E-state index in [4.69, 9.17) is 9.73 Å². The van der Waals surface area contributed by atoms with Crippen LogP contribution in [0.15, 0.2) is 82.3 Å². The van der Waals surface area contributed by atoms with Crippen molar-refractivity contribution in [2.24, 2.45) is 4.99 Å². The minimum Gasteiger partial charge on any atom is -0.488 e. The number of nitrogens with zero attached hydrogens (tertiary/aromatic N) is 4. The van der Waals surface area contributed by atoms with Crippen molar-refractivity contribution in [2.75, 3.05) is 6.54 Å². The molecule has 0 fully saturated rings. The second-order valence-corrected chi connectivity index (χ2v) is 10.9. The number of rotatable bonds is 8. The van der Waals surface area contributed by atoms with Gasteiger partial charge in [-0.1, -0.05) is 46.3 Å². The Labute approximate surface area is 232 Å². The first-order chi connectivity index (χ1) is 18.5. The van der Waals surface area contributed by atoms with Gasteiger partial charge in [-0.2, -0.15) is 5.26 Å². The lowest BCUT2D eigenvalue weighted by Crippen LogP contribution is -2.29. The van der Waals surface area contributed by atoms with Gasteiger partial charge >= 0.3 is 0 Å². The van der Waals surface area contributed by atoms with E-state index in [1.165, 1.54) is 22.6 Å². The van der Waals surface area contributed by atoms with Crippen molar-refractivity contribution in [1.82, 2.24) is 4.90 Å². The minimum absolute atomic E-state index is 0.0420. The normalized spacial score (nSPS) is 13.3. The molecule has 0 aliphatic carbocycles.